The summed E-state index contributed by atoms with van der Waals surface area (Å²) >= 11 is 5.79. The molecule has 2 aromatic carbocycles. The zero-order valence-corrected chi connectivity index (χ0v) is 10.8. The van der Waals surface area contributed by atoms with E-state index in [2.05, 4.69) is 4.98 Å². The number of hydrogen-bond donors (Lipinski definition) is 0. The quantitative estimate of drug-likeness (QED) is 0.649. The SMILES string of the molecule is Fc1ccc2c(c1)nc(CCl)n2-c1cccc(F)c1F. The van der Waals surface area contributed by atoms with E-state index in [9.17, 15) is 13.2 Å². The molecule has 1 aromatic heterocycles. The van der Waals surface area contributed by atoms with Crippen molar-refractivity contribution in [2.45, 2.75) is 5.88 Å². The maximum atomic E-state index is 13.9. The van der Waals surface area contributed by atoms with Crippen LogP contribution in [0.4, 0.5) is 13.2 Å². The molecule has 3 aromatic rings. The molecule has 20 heavy (non-hydrogen) atoms. The Morgan fingerprint density at radius 2 is 1.90 bits per heavy atom. The molecule has 6 heteroatoms. The summed E-state index contributed by atoms with van der Waals surface area (Å²) in [7, 11) is 0. The second kappa shape index (κ2) is 4.83. The van der Waals surface area contributed by atoms with Gasteiger partial charge in [-0.15, -0.1) is 11.6 Å². The first kappa shape index (κ1) is 13.0. The van der Waals surface area contributed by atoms with Crippen molar-refractivity contribution in [2.75, 3.05) is 0 Å². The van der Waals surface area contributed by atoms with Gasteiger partial charge < -0.3 is 0 Å². The number of imidazole rings is 1. The second-order valence-corrected chi connectivity index (χ2v) is 4.47. The summed E-state index contributed by atoms with van der Waals surface area (Å²) in [5, 5.41) is 0. The summed E-state index contributed by atoms with van der Waals surface area (Å²) in [6.07, 6.45) is 0. The van der Waals surface area contributed by atoms with E-state index in [0.29, 0.717) is 16.9 Å². The number of nitrogens with zero attached hydrogens (tertiary/aromatic N) is 2. The van der Waals surface area contributed by atoms with E-state index in [1.54, 1.807) is 0 Å². The van der Waals surface area contributed by atoms with Gasteiger partial charge in [-0.2, -0.15) is 0 Å². The van der Waals surface area contributed by atoms with Crippen LogP contribution in [0.2, 0.25) is 0 Å². The lowest BCUT2D eigenvalue weighted by atomic mass is 10.2. The van der Waals surface area contributed by atoms with E-state index in [4.69, 9.17) is 11.6 Å². The average molecular weight is 297 g/mol. The molecule has 0 unspecified atom stereocenters. The lowest BCUT2D eigenvalue weighted by molar-refractivity contribution is 0.504. The van der Waals surface area contributed by atoms with Crippen molar-refractivity contribution in [2.24, 2.45) is 0 Å². The number of halogens is 4. The molecular formula is C14H8ClF3N2. The van der Waals surface area contributed by atoms with Gasteiger partial charge in [0.25, 0.3) is 0 Å². The Labute approximate surface area is 117 Å². The van der Waals surface area contributed by atoms with E-state index in [1.165, 1.54) is 34.9 Å². The molecule has 2 nitrogen and oxygen atoms in total. The number of rotatable bonds is 2. The van der Waals surface area contributed by atoms with Gasteiger partial charge in [0, 0.05) is 6.07 Å². The Hall–Kier alpha value is -2.01. The van der Waals surface area contributed by atoms with Crippen LogP contribution in [0, 0.1) is 17.5 Å². The van der Waals surface area contributed by atoms with Crippen molar-refractivity contribution in [3.05, 3.63) is 59.7 Å². The van der Waals surface area contributed by atoms with Gasteiger partial charge in [-0.3, -0.25) is 4.57 Å². The number of fused-ring (bicyclic) bond motifs is 1. The predicted molar refractivity (Wildman–Crippen MR) is 70.5 cm³/mol. The first-order valence-corrected chi connectivity index (χ1v) is 6.32. The third-order valence-electron chi connectivity index (χ3n) is 2.98. The first-order chi connectivity index (χ1) is 9.61. The van der Waals surface area contributed by atoms with Crippen molar-refractivity contribution in [3.63, 3.8) is 0 Å². The molecule has 0 N–H and O–H groups in total. The molecule has 0 spiro atoms. The highest BCUT2D eigenvalue weighted by molar-refractivity contribution is 6.17. The minimum Gasteiger partial charge on any atom is -0.292 e. The van der Waals surface area contributed by atoms with Crippen LogP contribution in [0.3, 0.4) is 0 Å². The Bertz CT molecular complexity index is 798. The van der Waals surface area contributed by atoms with Crippen LogP contribution in [0.25, 0.3) is 16.7 Å². The van der Waals surface area contributed by atoms with Gasteiger partial charge >= 0.3 is 0 Å². The zero-order valence-electron chi connectivity index (χ0n) is 10.1. The van der Waals surface area contributed by atoms with E-state index in [-0.39, 0.29) is 11.6 Å². The maximum absolute atomic E-state index is 13.9. The summed E-state index contributed by atoms with van der Waals surface area (Å²) in [6.45, 7) is 0. The lowest BCUT2D eigenvalue weighted by Gasteiger charge is -2.09. The van der Waals surface area contributed by atoms with Gasteiger partial charge in [-0.05, 0) is 24.3 Å². The Kier molecular flexibility index (Phi) is 3.14. The fourth-order valence-electron chi connectivity index (χ4n) is 2.13. The van der Waals surface area contributed by atoms with E-state index >= 15 is 0 Å². The van der Waals surface area contributed by atoms with Crippen LogP contribution in [-0.2, 0) is 5.88 Å². The highest BCUT2D eigenvalue weighted by atomic mass is 35.5. The van der Waals surface area contributed by atoms with E-state index < -0.39 is 17.5 Å². The van der Waals surface area contributed by atoms with E-state index in [1.807, 2.05) is 0 Å². The molecular weight excluding hydrogens is 289 g/mol. The molecule has 0 radical (unpaired) electrons. The minimum atomic E-state index is -0.998. The summed E-state index contributed by atoms with van der Waals surface area (Å²) in [4.78, 5) is 4.14. The van der Waals surface area contributed by atoms with E-state index in [0.717, 1.165) is 6.07 Å². The smallest absolute Gasteiger partial charge is 0.182 e. The Morgan fingerprint density at radius 3 is 2.65 bits per heavy atom. The molecule has 1 heterocycles. The van der Waals surface area contributed by atoms with Crippen LogP contribution in [0.15, 0.2) is 36.4 Å². The largest absolute Gasteiger partial charge is 0.292 e. The van der Waals surface area contributed by atoms with Crippen molar-refractivity contribution in [1.29, 1.82) is 0 Å². The fourth-order valence-corrected chi connectivity index (χ4v) is 2.31. The summed E-state index contributed by atoms with van der Waals surface area (Å²) in [6, 6.07) is 7.74. The Morgan fingerprint density at radius 1 is 1.10 bits per heavy atom. The zero-order chi connectivity index (χ0) is 14.3. The van der Waals surface area contributed by atoms with Gasteiger partial charge in [0.2, 0.25) is 0 Å². The maximum Gasteiger partial charge on any atom is 0.182 e. The molecule has 0 aliphatic heterocycles. The minimum absolute atomic E-state index is 0.00485. The molecule has 0 amide bonds. The highest BCUT2D eigenvalue weighted by Gasteiger charge is 2.17. The molecule has 0 bridgehead atoms. The molecule has 0 saturated carbocycles. The van der Waals surface area contributed by atoms with Crippen molar-refractivity contribution >= 4 is 22.6 Å². The molecule has 102 valence electrons. The normalized spacial score (nSPS) is 11.2. The number of alkyl halides is 1. The lowest BCUT2D eigenvalue weighted by Crippen LogP contribution is -2.03. The van der Waals surface area contributed by atoms with Gasteiger partial charge in [0.1, 0.15) is 11.6 Å². The van der Waals surface area contributed by atoms with Crippen molar-refractivity contribution < 1.29 is 13.2 Å². The Balaban J connectivity index is 2.37. The molecule has 0 saturated heterocycles. The number of hydrogen-bond acceptors (Lipinski definition) is 1. The van der Waals surface area contributed by atoms with Crippen LogP contribution >= 0.6 is 11.6 Å². The van der Waals surface area contributed by atoms with Crippen LogP contribution in [0.5, 0.6) is 0 Å². The summed E-state index contributed by atoms with van der Waals surface area (Å²) < 4.78 is 41.9. The molecule has 0 fully saturated rings. The number of aromatic nitrogens is 2. The van der Waals surface area contributed by atoms with Crippen LogP contribution < -0.4 is 0 Å². The average Bonchev–Trinajstić information content (AvgIpc) is 2.79. The van der Waals surface area contributed by atoms with Crippen LogP contribution in [0.1, 0.15) is 5.82 Å². The standard InChI is InChI=1S/C14H8ClF3N2/c15-7-13-19-10-6-8(16)4-5-11(10)20(13)12-3-1-2-9(17)14(12)18/h1-6H,7H2. The molecule has 0 atom stereocenters. The van der Waals surface area contributed by atoms with Gasteiger partial charge in [-0.1, -0.05) is 6.07 Å². The van der Waals surface area contributed by atoms with Crippen LogP contribution in [-0.4, -0.2) is 9.55 Å². The second-order valence-electron chi connectivity index (χ2n) is 4.20. The third-order valence-corrected chi connectivity index (χ3v) is 3.22. The summed E-state index contributed by atoms with van der Waals surface area (Å²) in [5.74, 6) is -2.11. The van der Waals surface area contributed by atoms with Crippen molar-refractivity contribution in [1.82, 2.24) is 9.55 Å². The predicted octanol–water partition coefficient (Wildman–Crippen LogP) is 4.18. The summed E-state index contributed by atoms with van der Waals surface area (Å²) in [5.41, 5.74) is 0.797. The van der Waals surface area contributed by atoms with Gasteiger partial charge in [0.05, 0.1) is 22.6 Å². The van der Waals surface area contributed by atoms with Crippen molar-refractivity contribution in [3.8, 4) is 5.69 Å². The first-order valence-electron chi connectivity index (χ1n) is 5.79. The topological polar surface area (TPSA) is 17.8 Å². The molecule has 3 rings (SSSR count). The fraction of sp³-hybridized carbons (Fsp3) is 0.0714. The molecule has 0 aliphatic carbocycles. The van der Waals surface area contributed by atoms with Gasteiger partial charge in [0.15, 0.2) is 11.6 Å². The highest BCUT2D eigenvalue weighted by Crippen LogP contribution is 2.26. The third kappa shape index (κ3) is 1.94. The molecule has 0 aliphatic rings. The van der Waals surface area contributed by atoms with Gasteiger partial charge in [-0.25, -0.2) is 18.2 Å². The monoisotopic (exact) mass is 296 g/mol. The number of benzene rings is 2.